The van der Waals surface area contributed by atoms with Gasteiger partial charge in [0.25, 0.3) is 5.91 Å². The number of hydrogen-bond acceptors (Lipinski definition) is 4. The van der Waals surface area contributed by atoms with Gasteiger partial charge in [-0.1, -0.05) is 29.8 Å². The fourth-order valence-corrected chi connectivity index (χ4v) is 2.34. The van der Waals surface area contributed by atoms with Crippen molar-refractivity contribution in [1.82, 2.24) is 15.0 Å². The lowest BCUT2D eigenvalue weighted by Crippen LogP contribution is -2.14. The average Bonchev–Trinajstić information content (AvgIpc) is 2.45. The number of amides is 1. The smallest absolute Gasteiger partial charge is 0.257 e. The number of aromatic nitrogens is 3. The van der Waals surface area contributed by atoms with Gasteiger partial charge in [0.2, 0.25) is 5.28 Å². The number of nitrogens with one attached hydrogen (secondary N) is 1. The van der Waals surface area contributed by atoms with Crippen LogP contribution in [0.25, 0.3) is 10.9 Å². The van der Waals surface area contributed by atoms with Crippen LogP contribution in [0, 0.1) is 0 Å². The van der Waals surface area contributed by atoms with E-state index in [4.69, 9.17) is 23.2 Å². The predicted octanol–water partition coefficient (Wildman–Crippen LogP) is 3.58. The van der Waals surface area contributed by atoms with Gasteiger partial charge in [-0.2, -0.15) is 0 Å². The Bertz CT molecular complexity index is 813. The first-order chi connectivity index (χ1) is 10.1. The molecule has 1 amide bonds. The van der Waals surface area contributed by atoms with Gasteiger partial charge in [-0.3, -0.25) is 9.78 Å². The second-order valence-corrected chi connectivity index (χ2v) is 4.90. The van der Waals surface area contributed by atoms with Crippen LogP contribution >= 0.6 is 23.2 Å². The minimum atomic E-state index is -0.320. The van der Waals surface area contributed by atoms with Gasteiger partial charge in [-0.25, -0.2) is 9.97 Å². The number of carbonyl (C=O) groups is 1. The first kappa shape index (κ1) is 13.7. The van der Waals surface area contributed by atoms with E-state index >= 15 is 0 Å². The third-order valence-electron chi connectivity index (χ3n) is 2.80. The molecule has 7 heteroatoms. The van der Waals surface area contributed by atoms with Gasteiger partial charge in [-0.05, 0) is 23.7 Å². The molecule has 0 spiro atoms. The maximum Gasteiger partial charge on any atom is 0.257 e. The number of benzene rings is 1. The van der Waals surface area contributed by atoms with Crippen LogP contribution in [0.3, 0.4) is 0 Å². The molecule has 0 saturated heterocycles. The van der Waals surface area contributed by atoms with Crippen LogP contribution in [0.15, 0.2) is 42.6 Å². The second-order valence-electron chi connectivity index (χ2n) is 4.17. The van der Waals surface area contributed by atoms with Crippen LogP contribution in [0.2, 0.25) is 10.4 Å². The van der Waals surface area contributed by atoms with Crippen molar-refractivity contribution in [3.63, 3.8) is 0 Å². The summed E-state index contributed by atoms with van der Waals surface area (Å²) in [5.41, 5.74) is 1.23. The molecule has 0 radical (unpaired) electrons. The molecule has 21 heavy (non-hydrogen) atoms. The van der Waals surface area contributed by atoms with E-state index < -0.39 is 0 Å². The molecule has 1 N–H and O–H groups in total. The third kappa shape index (κ3) is 2.94. The minimum absolute atomic E-state index is 0.0302. The summed E-state index contributed by atoms with van der Waals surface area (Å²) >= 11 is 11.5. The highest BCUT2D eigenvalue weighted by molar-refractivity contribution is 6.32. The Morgan fingerprint density at radius 1 is 1.10 bits per heavy atom. The monoisotopic (exact) mass is 318 g/mol. The molecule has 5 nitrogen and oxygen atoms in total. The Balaban J connectivity index is 1.97. The maximum absolute atomic E-state index is 12.4. The average molecular weight is 319 g/mol. The Labute approximate surface area is 130 Å². The first-order valence-electron chi connectivity index (χ1n) is 5.99. The quantitative estimate of drug-likeness (QED) is 0.579. The topological polar surface area (TPSA) is 67.8 Å². The number of hydrogen-bond donors (Lipinski definition) is 1. The van der Waals surface area contributed by atoms with E-state index in [1.807, 2.05) is 24.3 Å². The lowest BCUT2D eigenvalue weighted by Gasteiger charge is -2.07. The number of pyridine rings is 1. The molecule has 0 unspecified atom stereocenters. The van der Waals surface area contributed by atoms with Gasteiger partial charge in [0.05, 0.1) is 11.1 Å². The van der Waals surface area contributed by atoms with E-state index in [0.717, 1.165) is 10.9 Å². The Morgan fingerprint density at radius 3 is 2.71 bits per heavy atom. The summed E-state index contributed by atoms with van der Waals surface area (Å²) in [6.45, 7) is 0. The molecule has 0 fully saturated rings. The molecule has 0 aliphatic heterocycles. The highest BCUT2D eigenvalue weighted by Crippen LogP contribution is 2.19. The summed E-state index contributed by atoms with van der Waals surface area (Å²) < 4.78 is 0. The summed E-state index contributed by atoms with van der Waals surface area (Å²) in [4.78, 5) is 24.2. The van der Waals surface area contributed by atoms with Gasteiger partial charge >= 0.3 is 0 Å². The lowest BCUT2D eigenvalue weighted by atomic mass is 10.1. The maximum atomic E-state index is 12.4. The van der Waals surface area contributed by atoms with Gasteiger partial charge in [-0.15, -0.1) is 0 Å². The van der Waals surface area contributed by atoms with Gasteiger partial charge < -0.3 is 5.32 Å². The molecule has 3 aromatic rings. The summed E-state index contributed by atoms with van der Waals surface area (Å²) in [7, 11) is 0. The molecule has 1 aromatic carbocycles. The van der Waals surface area contributed by atoms with Crippen LogP contribution < -0.4 is 5.32 Å². The minimum Gasteiger partial charge on any atom is -0.306 e. The Morgan fingerprint density at radius 2 is 1.90 bits per heavy atom. The number of carbonyl (C=O) groups excluding carboxylic acids is 1. The number of halogens is 2. The normalized spacial score (nSPS) is 10.6. The van der Waals surface area contributed by atoms with E-state index in [2.05, 4.69) is 20.3 Å². The summed E-state index contributed by atoms with van der Waals surface area (Å²) in [5, 5.41) is 3.53. The predicted molar refractivity (Wildman–Crippen MR) is 81.7 cm³/mol. The van der Waals surface area contributed by atoms with Crippen molar-refractivity contribution in [2.24, 2.45) is 0 Å². The Kier molecular flexibility index (Phi) is 3.68. The highest BCUT2D eigenvalue weighted by atomic mass is 35.5. The highest BCUT2D eigenvalue weighted by Gasteiger charge is 2.12. The van der Waals surface area contributed by atoms with Crippen molar-refractivity contribution in [2.75, 3.05) is 5.32 Å². The van der Waals surface area contributed by atoms with Crippen LogP contribution in [0.5, 0.6) is 0 Å². The number of anilines is 1. The van der Waals surface area contributed by atoms with Crippen molar-refractivity contribution in [1.29, 1.82) is 0 Å². The molecule has 3 rings (SSSR count). The number of rotatable bonds is 2. The molecule has 2 heterocycles. The van der Waals surface area contributed by atoms with E-state index in [-0.39, 0.29) is 22.2 Å². The second kappa shape index (κ2) is 5.63. The zero-order valence-corrected chi connectivity index (χ0v) is 12.1. The lowest BCUT2D eigenvalue weighted by molar-refractivity contribution is 0.102. The molecule has 2 aromatic heterocycles. The van der Waals surface area contributed by atoms with Crippen molar-refractivity contribution < 1.29 is 4.79 Å². The van der Waals surface area contributed by atoms with E-state index in [1.165, 1.54) is 6.07 Å². The van der Waals surface area contributed by atoms with Crippen molar-refractivity contribution in [3.05, 3.63) is 58.6 Å². The third-order valence-corrected chi connectivity index (χ3v) is 3.17. The van der Waals surface area contributed by atoms with Crippen molar-refractivity contribution >= 4 is 45.8 Å². The molecule has 0 aliphatic rings. The summed E-state index contributed by atoms with van der Waals surface area (Å²) in [5.74, 6) is -0.0784. The van der Waals surface area contributed by atoms with Crippen LogP contribution in [0.4, 0.5) is 5.82 Å². The number of para-hydroxylation sites is 1. The molecule has 0 atom stereocenters. The zero-order chi connectivity index (χ0) is 14.8. The van der Waals surface area contributed by atoms with Gasteiger partial charge in [0.1, 0.15) is 11.0 Å². The molecule has 104 valence electrons. The SMILES string of the molecule is O=C(Nc1cc(Cl)nc(Cl)n1)c1ccnc2ccccc12. The molecule has 0 saturated carbocycles. The zero-order valence-electron chi connectivity index (χ0n) is 10.5. The fourth-order valence-electron chi connectivity index (χ4n) is 1.93. The largest absolute Gasteiger partial charge is 0.306 e. The standard InChI is InChI=1S/C14H8Cl2N4O/c15-11-7-12(20-14(16)18-11)19-13(21)9-5-6-17-10-4-2-1-3-8(9)10/h1-7H,(H,18,19,20,21). The Hall–Kier alpha value is -2.24. The number of fused-ring (bicyclic) bond motifs is 1. The van der Waals surface area contributed by atoms with Crippen molar-refractivity contribution in [3.8, 4) is 0 Å². The van der Waals surface area contributed by atoms with Crippen LogP contribution in [-0.4, -0.2) is 20.9 Å². The molecular formula is C14H8Cl2N4O. The molecule has 0 bridgehead atoms. The number of nitrogens with zero attached hydrogens (tertiary/aromatic N) is 3. The van der Waals surface area contributed by atoms with Gasteiger partial charge in [0.15, 0.2) is 0 Å². The van der Waals surface area contributed by atoms with Crippen LogP contribution in [-0.2, 0) is 0 Å². The summed E-state index contributed by atoms with van der Waals surface area (Å²) in [6.07, 6.45) is 1.58. The van der Waals surface area contributed by atoms with E-state index in [0.29, 0.717) is 5.56 Å². The first-order valence-corrected chi connectivity index (χ1v) is 6.74. The van der Waals surface area contributed by atoms with Crippen LogP contribution in [0.1, 0.15) is 10.4 Å². The fraction of sp³-hybridized carbons (Fsp3) is 0. The van der Waals surface area contributed by atoms with E-state index in [1.54, 1.807) is 12.3 Å². The molecular weight excluding hydrogens is 311 g/mol. The van der Waals surface area contributed by atoms with Gasteiger partial charge in [0, 0.05) is 17.6 Å². The van der Waals surface area contributed by atoms with Crippen molar-refractivity contribution in [2.45, 2.75) is 0 Å². The summed E-state index contributed by atoms with van der Waals surface area (Å²) in [6, 6.07) is 10.4. The molecule has 0 aliphatic carbocycles. The van der Waals surface area contributed by atoms with E-state index in [9.17, 15) is 4.79 Å².